The zero-order valence-corrected chi connectivity index (χ0v) is 11.7. The first kappa shape index (κ1) is 15.1. The molecule has 0 radical (unpaired) electrons. The summed E-state index contributed by atoms with van der Waals surface area (Å²) in [6.07, 6.45) is 0. The van der Waals surface area contributed by atoms with Gasteiger partial charge < -0.3 is 9.66 Å². The molecule has 1 unspecified atom stereocenters. The van der Waals surface area contributed by atoms with Crippen LogP contribution >= 0.6 is 11.6 Å². The third-order valence-electron chi connectivity index (χ3n) is 2.07. The summed E-state index contributed by atoms with van der Waals surface area (Å²) < 4.78 is 27.4. The van der Waals surface area contributed by atoms with E-state index in [9.17, 15) is 13.7 Å². The number of carbonyl (C=O) groups is 1. The van der Waals surface area contributed by atoms with Gasteiger partial charge in [0.25, 0.3) is 0 Å². The van der Waals surface area contributed by atoms with E-state index in [4.69, 9.17) is 16.7 Å². The molecular weight excluding hydrogens is 281 g/mol. The van der Waals surface area contributed by atoms with Gasteiger partial charge in [-0.3, -0.25) is 0 Å². The summed E-state index contributed by atoms with van der Waals surface area (Å²) >= 11 is 3.96. The van der Waals surface area contributed by atoms with Gasteiger partial charge in [-0.1, -0.05) is 11.6 Å². The van der Waals surface area contributed by atoms with Crippen LogP contribution in [0.4, 0.5) is 10.1 Å². The second kappa shape index (κ2) is 5.34. The maximum atomic E-state index is 13.6. The molecule has 0 aliphatic rings. The van der Waals surface area contributed by atoms with Crippen molar-refractivity contribution in [2.24, 2.45) is 0 Å². The van der Waals surface area contributed by atoms with Crippen LogP contribution in [0, 0.1) is 5.82 Å². The predicted molar refractivity (Wildman–Crippen MR) is 69.9 cm³/mol. The Morgan fingerprint density at radius 1 is 1.50 bits per heavy atom. The minimum Gasteiger partial charge on any atom is -0.593 e. The SMILES string of the molecule is CC(C)(C)[S+]([O-])Nc1ccc(Cl)c(F)c1C(=O)O. The first-order chi connectivity index (χ1) is 8.14. The fraction of sp³-hybridized carbons (Fsp3) is 0.364. The number of anilines is 1. The van der Waals surface area contributed by atoms with Crippen molar-refractivity contribution in [2.75, 3.05) is 4.72 Å². The molecule has 7 heteroatoms. The normalized spacial score (nSPS) is 13.2. The van der Waals surface area contributed by atoms with Crippen molar-refractivity contribution in [1.82, 2.24) is 0 Å². The highest BCUT2D eigenvalue weighted by Gasteiger charge is 2.29. The van der Waals surface area contributed by atoms with Crippen LogP contribution in [0.15, 0.2) is 12.1 Å². The maximum Gasteiger partial charge on any atom is 0.341 e. The summed E-state index contributed by atoms with van der Waals surface area (Å²) in [4.78, 5) is 11.0. The van der Waals surface area contributed by atoms with Gasteiger partial charge in [0, 0.05) is 0 Å². The minimum atomic E-state index is -1.55. The van der Waals surface area contributed by atoms with Crippen LogP contribution in [0.3, 0.4) is 0 Å². The Hall–Kier alpha value is -0.980. The zero-order chi connectivity index (χ0) is 14.1. The topological polar surface area (TPSA) is 72.4 Å². The number of hydrogen-bond donors (Lipinski definition) is 2. The van der Waals surface area contributed by atoms with Gasteiger partial charge in [-0.2, -0.15) is 0 Å². The molecule has 1 aromatic rings. The first-order valence-corrected chi connectivity index (χ1v) is 6.57. The highest BCUT2D eigenvalue weighted by molar-refractivity contribution is 7.94. The molecule has 0 spiro atoms. The van der Waals surface area contributed by atoms with E-state index < -0.39 is 33.5 Å². The summed E-state index contributed by atoms with van der Waals surface area (Å²) in [6.45, 7) is 5.13. The number of benzene rings is 1. The van der Waals surface area contributed by atoms with Crippen molar-refractivity contribution in [2.45, 2.75) is 25.5 Å². The van der Waals surface area contributed by atoms with Gasteiger partial charge in [0.1, 0.15) is 10.3 Å². The zero-order valence-electron chi connectivity index (χ0n) is 10.1. The van der Waals surface area contributed by atoms with Gasteiger partial charge in [-0.25, -0.2) is 13.9 Å². The van der Waals surface area contributed by atoms with Crippen LogP contribution in [-0.2, 0) is 11.4 Å². The number of carboxylic acids is 1. The van der Waals surface area contributed by atoms with E-state index in [2.05, 4.69) is 4.72 Å². The maximum absolute atomic E-state index is 13.6. The van der Waals surface area contributed by atoms with Crippen molar-refractivity contribution in [3.05, 3.63) is 28.5 Å². The first-order valence-electron chi connectivity index (χ1n) is 5.04. The van der Waals surface area contributed by atoms with Crippen LogP contribution < -0.4 is 4.72 Å². The van der Waals surface area contributed by atoms with Gasteiger partial charge >= 0.3 is 5.97 Å². The van der Waals surface area contributed by atoms with Crippen molar-refractivity contribution in [3.8, 4) is 0 Å². The van der Waals surface area contributed by atoms with Gasteiger partial charge in [0.15, 0.2) is 5.82 Å². The standard InChI is InChI=1S/C11H13ClFNO3S/c1-11(2,3)18(17)14-7-5-4-6(12)9(13)8(7)10(15)16/h4-5,14H,1-3H3,(H,15,16). The Labute approximate surface area is 112 Å². The Bertz CT molecular complexity index is 476. The lowest BCUT2D eigenvalue weighted by atomic mass is 10.2. The molecule has 0 bridgehead atoms. The van der Waals surface area contributed by atoms with E-state index in [1.54, 1.807) is 20.8 Å². The Morgan fingerprint density at radius 2 is 2.06 bits per heavy atom. The third kappa shape index (κ3) is 3.28. The largest absolute Gasteiger partial charge is 0.593 e. The molecule has 0 saturated carbocycles. The highest BCUT2D eigenvalue weighted by atomic mass is 35.5. The second-order valence-electron chi connectivity index (χ2n) is 4.57. The number of halogens is 2. The molecule has 4 nitrogen and oxygen atoms in total. The van der Waals surface area contributed by atoms with E-state index in [1.165, 1.54) is 12.1 Å². The van der Waals surface area contributed by atoms with Crippen molar-refractivity contribution in [3.63, 3.8) is 0 Å². The lowest BCUT2D eigenvalue weighted by Gasteiger charge is -2.24. The smallest absolute Gasteiger partial charge is 0.341 e. The monoisotopic (exact) mass is 293 g/mol. The fourth-order valence-electron chi connectivity index (χ4n) is 1.10. The molecule has 0 aromatic heterocycles. The van der Waals surface area contributed by atoms with Gasteiger partial charge in [0.05, 0.1) is 22.1 Å². The molecule has 1 aromatic carbocycles. The number of nitrogens with one attached hydrogen (secondary N) is 1. The second-order valence-corrected chi connectivity index (χ2v) is 6.95. The number of carboxylic acid groups (broad SMARTS) is 1. The van der Waals surface area contributed by atoms with E-state index in [1.807, 2.05) is 0 Å². The van der Waals surface area contributed by atoms with Crippen LogP contribution in [0.5, 0.6) is 0 Å². The van der Waals surface area contributed by atoms with Crippen molar-refractivity contribution < 1.29 is 18.8 Å². The molecule has 0 fully saturated rings. The molecule has 0 saturated heterocycles. The van der Waals surface area contributed by atoms with E-state index in [0.29, 0.717) is 0 Å². The van der Waals surface area contributed by atoms with Crippen LogP contribution in [0.1, 0.15) is 31.1 Å². The minimum absolute atomic E-state index is 0.0577. The third-order valence-corrected chi connectivity index (χ3v) is 3.88. The Morgan fingerprint density at radius 3 is 2.50 bits per heavy atom. The van der Waals surface area contributed by atoms with Gasteiger partial charge in [-0.05, 0) is 32.9 Å². The average molecular weight is 294 g/mol. The number of aromatic carboxylic acids is 1. The summed E-state index contributed by atoms with van der Waals surface area (Å²) in [7, 11) is 0. The molecule has 0 heterocycles. The average Bonchev–Trinajstić information content (AvgIpc) is 2.21. The van der Waals surface area contributed by atoms with E-state index in [0.717, 1.165) is 0 Å². The molecule has 1 rings (SSSR count). The van der Waals surface area contributed by atoms with E-state index >= 15 is 0 Å². The van der Waals surface area contributed by atoms with Gasteiger partial charge in [-0.15, -0.1) is 0 Å². The fourth-order valence-corrected chi connectivity index (χ4v) is 1.93. The number of rotatable bonds is 3. The lowest BCUT2D eigenvalue weighted by Crippen LogP contribution is -2.34. The van der Waals surface area contributed by atoms with Gasteiger partial charge in [0.2, 0.25) is 0 Å². The molecule has 2 N–H and O–H groups in total. The summed E-state index contributed by atoms with van der Waals surface area (Å²) in [5.74, 6) is -2.51. The number of hydrogen-bond acceptors (Lipinski definition) is 3. The Kier molecular flexibility index (Phi) is 4.47. The van der Waals surface area contributed by atoms with E-state index in [-0.39, 0.29) is 10.7 Å². The Balaban J connectivity index is 3.18. The lowest BCUT2D eigenvalue weighted by molar-refractivity contribution is 0.0693. The predicted octanol–water partition coefficient (Wildman–Crippen LogP) is 3.05. The molecule has 0 aliphatic heterocycles. The molecule has 0 aliphatic carbocycles. The summed E-state index contributed by atoms with van der Waals surface area (Å²) in [6, 6.07) is 2.50. The highest BCUT2D eigenvalue weighted by Crippen LogP contribution is 2.28. The van der Waals surface area contributed by atoms with Crippen LogP contribution in [-0.4, -0.2) is 20.4 Å². The molecule has 18 heavy (non-hydrogen) atoms. The van der Waals surface area contributed by atoms with Crippen molar-refractivity contribution >= 4 is 34.6 Å². The van der Waals surface area contributed by atoms with Crippen LogP contribution in [0.25, 0.3) is 0 Å². The van der Waals surface area contributed by atoms with Crippen molar-refractivity contribution in [1.29, 1.82) is 0 Å². The molecule has 100 valence electrons. The molecular formula is C11H13ClFNO3S. The summed E-state index contributed by atoms with van der Waals surface area (Å²) in [5, 5.41) is 8.66. The summed E-state index contributed by atoms with van der Waals surface area (Å²) in [5.41, 5.74) is -0.669. The molecule has 1 atom stereocenters. The quantitative estimate of drug-likeness (QED) is 0.840. The molecule has 0 amide bonds. The van der Waals surface area contributed by atoms with Crippen LogP contribution in [0.2, 0.25) is 5.02 Å².